The standard InChI is InChI=1S/C30H29BrN4O4/c1-2-16-34-19-23(18-24(31)20-34)29(37)35(25-11-4-3-5-12-25)21-28(36)32-15-17-39-30(38)33-27-14-8-10-22-9-6-7-13-26(22)27/h3-14,18-20H,2,15-17,21H2,1H3,(H-,32,33,36,38)/p+1. The van der Waals surface area contributed by atoms with Gasteiger partial charge in [-0.1, -0.05) is 61.5 Å². The smallest absolute Gasteiger partial charge is 0.411 e. The number of para-hydroxylation sites is 1. The number of carbonyl (C=O) groups is 3. The molecule has 0 spiro atoms. The minimum Gasteiger partial charge on any atom is -0.447 e. The lowest BCUT2D eigenvalue weighted by atomic mass is 10.1. The van der Waals surface area contributed by atoms with E-state index in [9.17, 15) is 14.4 Å². The monoisotopic (exact) mass is 589 g/mol. The zero-order chi connectivity index (χ0) is 27.6. The molecule has 0 bridgehead atoms. The Hall–Kier alpha value is -4.24. The minimum absolute atomic E-state index is 0.0235. The predicted molar refractivity (Wildman–Crippen MR) is 155 cm³/mol. The molecule has 0 fully saturated rings. The van der Waals surface area contributed by atoms with Crippen molar-refractivity contribution in [1.82, 2.24) is 5.32 Å². The van der Waals surface area contributed by atoms with Crippen LogP contribution in [0.4, 0.5) is 16.2 Å². The van der Waals surface area contributed by atoms with E-state index in [1.54, 1.807) is 30.5 Å². The number of halogens is 1. The van der Waals surface area contributed by atoms with Crippen molar-refractivity contribution < 1.29 is 23.7 Å². The molecule has 39 heavy (non-hydrogen) atoms. The van der Waals surface area contributed by atoms with Crippen LogP contribution in [0.5, 0.6) is 0 Å². The third-order valence-corrected chi connectivity index (χ3v) is 6.35. The maximum atomic E-state index is 13.5. The second-order valence-corrected chi connectivity index (χ2v) is 9.76. The van der Waals surface area contributed by atoms with Crippen LogP contribution in [0, 0.1) is 0 Å². The molecule has 200 valence electrons. The predicted octanol–water partition coefficient (Wildman–Crippen LogP) is 5.31. The number of pyridine rings is 1. The zero-order valence-corrected chi connectivity index (χ0v) is 23.2. The first-order valence-electron chi connectivity index (χ1n) is 12.7. The van der Waals surface area contributed by atoms with Gasteiger partial charge in [-0.2, -0.15) is 0 Å². The second-order valence-electron chi connectivity index (χ2n) is 8.85. The van der Waals surface area contributed by atoms with Crippen LogP contribution in [0.25, 0.3) is 10.8 Å². The number of fused-ring (bicyclic) bond motifs is 1. The van der Waals surface area contributed by atoms with Gasteiger partial charge in [-0.3, -0.25) is 19.8 Å². The lowest BCUT2D eigenvalue weighted by molar-refractivity contribution is -0.697. The number of hydrogen-bond donors (Lipinski definition) is 2. The van der Waals surface area contributed by atoms with Crippen LogP contribution in [-0.2, 0) is 16.1 Å². The van der Waals surface area contributed by atoms with Crippen molar-refractivity contribution in [3.05, 3.63) is 101 Å². The number of benzene rings is 3. The van der Waals surface area contributed by atoms with Crippen molar-refractivity contribution in [2.75, 3.05) is 29.9 Å². The topological polar surface area (TPSA) is 91.6 Å². The molecular formula is C30H30BrN4O4+. The van der Waals surface area contributed by atoms with Gasteiger partial charge in [-0.05, 0) is 45.6 Å². The number of amides is 3. The molecule has 2 N–H and O–H groups in total. The van der Waals surface area contributed by atoms with E-state index in [1.165, 1.54) is 4.90 Å². The van der Waals surface area contributed by atoms with Gasteiger partial charge in [-0.15, -0.1) is 0 Å². The summed E-state index contributed by atoms with van der Waals surface area (Å²) in [6.45, 7) is 2.72. The molecule has 4 rings (SSSR count). The molecule has 0 aliphatic heterocycles. The van der Waals surface area contributed by atoms with E-state index in [0.717, 1.165) is 28.2 Å². The van der Waals surface area contributed by atoms with Crippen LogP contribution >= 0.6 is 15.9 Å². The molecule has 0 saturated carbocycles. The quantitative estimate of drug-likeness (QED) is 0.194. The highest BCUT2D eigenvalue weighted by molar-refractivity contribution is 9.10. The zero-order valence-electron chi connectivity index (χ0n) is 21.6. The molecule has 3 amide bonds. The van der Waals surface area contributed by atoms with Gasteiger partial charge in [0.1, 0.15) is 25.3 Å². The first kappa shape index (κ1) is 27.8. The van der Waals surface area contributed by atoms with Crippen molar-refractivity contribution >= 4 is 56.0 Å². The summed E-state index contributed by atoms with van der Waals surface area (Å²) in [6, 6.07) is 24.1. The molecule has 8 nitrogen and oxygen atoms in total. The number of rotatable bonds is 10. The maximum absolute atomic E-state index is 13.5. The van der Waals surface area contributed by atoms with Gasteiger partial charge in [0, 0.05) is 17.5 Å². The van der Waals surface area contributed by atoms with Gasteiger partial charge in [0.25, 0.3) is 5.91 Å². The van der Waals surface area contributed by atoms with E-state index in [1.807, 2.05) is 65.4 Å². The number of nitrogens with one attached hydrogen (secondary N) is 2. The van der Waals surface area contributed by atoms with Crippen LogP contribution in [0.3, 0.4) is 0 Å². The Bertz CT molecular complexity index is 1460. The fourth-order valence-electron chi connectivity index (χ4n) is 4.16. The second kappa shape index (κ2) is 13.5. The molecule has 0 unspecified atom stereocenters. The number of ether oxygens (including phenoxy) is 1. The summed E-state index contributed by atoms with van der Waals surface area (Å²) in [7, 11) is 0. The van der Waals surface area contributed by atoms with Crippen molar-refractivity contribution in [2.45, 2.75) is 19.9 Å². The Labute approximate surface area is 235 Å². The largest absolute Gasteiger partial charge is 0.447 e. The van der Waals surface area contributed by atoms with E-state index in [2.05, 4.69) is 33.5 Å². The fourth-order valence-corrected chi connectivity index (χ4v) is 4.67. The van der Waals surface area contributed by atoms with Crippen molar-refractivity contribution in [1.29, 1.82) is 0 Å². The maximum Gasteiger partial charge on any atom is 0.411 e. The van der Waals surface area contributed by atoms with E-state index in [-0.39, 0.29) is 31.5 Å². The summed E-state index contributed by atoms with van der Waals surface area (Å²) in [5, 5.41) is 7.38. The normalized spacial score (nSPS) is 10.6. The first-order chi connectivity index (χ1) is 18.9. The number of hydrogen-bond acceptors (Lipinski definition) is 4. The van der Waals surface area contributed by atoms with Gasteiger partial charge in [0.2, 0.25) is 5.91 Å². The molecule has 0 aliphatic carbocycles. The molecule has 9 heteroatoms. The third kappa shape index (κ3) is 7.64. The summed E-state index contributed by atoms with van der Waals surface area (Å²) < 4.78 is 7.97. The SMILES string of the molecule is CCC[n+]1cc(Br)cc(C(=O)N(CC(=O)NCCOC(=O)Nc2cccc3ccccc23)c2ccccc2)c1. The highest BCUT2D eigenvalue weighted by atomic mass is 79.9. The van der Waals surface area contributed by atoms with E-state index in [4.69, 9.17) is 4.74 Å². The Morgan fingerprint density at radius 1 is 0.949 bits per heavy atom. The number of carbonyl (C=O) groups excluding carboxylic acids is 3. The Morgan fingerprint density at radius 2 is 1.69 bits per heavy atom. The summed E-state index contributed by atoms with van der Waals surface area (Å²) in [4.78, 5) is 40.1. The van der Waals surface area contributed by atoms with Crippen LogP contribution in [0.1, 0.15) is 23.7 Å². The molecular weight excluding hydrogens is 560 g/mol. The Balaban J connectivity index is 1.34. The van der Waals surface area contributed by atoms with Gasteiger partial charge in [0.05, 0.1) is 16.7 Å². The van der Waals surface area contributed by atoms with Crippen molar-refractivity contribution in [3.63, 3.8) is 0 Å². The molecule has 4 aromatic rings. The van der Waals surface area contributed by atoms with Crippen LogP contribution < -0.4 is 20.1 Å². The highest BCUT2D eigenvalue weighted by Crippen LogP contribution is 2.23. The van der Waals surface area contributed by atoms with Crippen LogP contribution in [-0.4, -0.2) is 37.6 Å². The van der Waals surface area contributed by atoms with Crippen molar-refractivity contribution in [3.8, 4) is 0 Å². The van der Waals surface area contributed by atoms with Crippen LogP contribution in [0.15, 0.2) is 95.7 Å². The molecule has 3 aromatic carbocycles. The molecule has 0 radical (unpaired) electrons. The fraction of sp³-hybridized carbons (Fsp3) is 0.200. The summed E-state index contributed by atoms with van der Waals surface area (Å²) >= 11 is 3.48. The molecule has 1 aromatic heterocycles. The number of aryl methyl sites for hydroxylation is 1. The highest BCUT2D eigenvalue weighted by Gasteiger charge is 2.23. The molecule has 0 atom stereocenters. The minimum atomic E-state index is -0.614. The molecule has 0 aliphatic rings. The number of nitrogens with zero attached hydrogens (tertiary/aromatic N) is 2. The molecule has 1 heterocycles. The summed E-state index contributed by atoms with van der Waals surface area (Å²) in [5.74, 6) is -0.671. The van der Waals surface area contributed by atoms with Gasteiger partial charge < -0.3 is 10.1 Å². The van der Waals surface area contributed by atoms with Crippen molar-refractivity contribution in [2.24, 2.45) is 0 Å². The lowest BCUT2D eigenvalue weighted by Gasteiger charge is -2.22. The van der Waals surface area contributed by atoms with E-state index in [0.29, 0.717) is 16.9 Å². The first-order valence-corrected chi connectivity index (χ1v) is 13.5. The van der Waals surface area contributed by atoms with E-state index < -0.39 is 6.09 Å². The number of aromatic nitrogens is 1. The average Bonchev–Trinajstić information content (AvgIpc) is 2.94. The van der Waals surface area contributed by atoms with Gasteiger partial charge >= 0.3 is 6.09 Å². The average molecular weight is 590 g/mol. The number of anilines is 2. The lowest BCUT2D eigenvalue weighted by Crippen LogP contribution is -2.43. The van der Waals surface area contributed by atoms with E-state index >= 15 is 0 Å². The van der Waals surface area contributed by atoms with Gasteiger partial charge in [-0.25, -0.2) is 9.36 Å². The Morgan fingerprint density at radius 3 is 2.49 bits per heavy atom. The Kier molecular flexibility index (Phi) is 9.64. The summed E-state index contributed by atoms with van der Waals surface area (Å²) in [6.07, 6.45) is 4.00. The van der Waals surface area contributed by atoms with Crippen LogP contribution in [0.2, 0.25) is 0 Å². The molecule has 0 saturated heterocycles. The third-order valence-electron chi connectivity index (χ3n) is 5.91. The van der Waals surface area contributed by atoms with Gasteiger partial charge in [0.15, 0.2) is 12.4 Å². The summed E-state index contributed by atoms with van der Waals surface area (Å²) in [5.41, 5.74) is 1.71.